The Morgan fingerprint density at radius 2 is 2.09 bits per heavy atom. The Kier molecular flexibility index (Phi) is 3.13. The molecule has 1 nitrogen and oxygen atoms in total. The highest BCUT2D eigenvalue weighted by atomic mass is 14.8. The summed E-state index contributed by atoms with van der Waals surface area (Å²) < 4.78 is 0. The molecule has 0 spiro atoms. The predicted octanol–water partition coefficient (Wildman–Crippen LogP) is 2.05. The van der Waals surface area contributed by atoms with Crippen LogP contribution in [0.25, 0.3) is 0 Å². The van der Waals surface area contributed by atoms with Crippen LogP contribution in [-0.2, 0) is 0 Å². The van der Waals surface area contributed by atoms with Gasteiger partial charge in [0, 0.05) is 0 Å². The monoisotopic (exact) mass is 153 g/mol. The second-order valence-electron chi connectivity index (χ2n) is 3.77. The van der Waals surface area contributed by atoms with Crippen molar-refractivity contribution in [3.8, 4) is 0 Å². The molecule has 0 heterocycles. The highest BCUT2D eigenvalue weighted by molar-refractivity contribution is 4.98. The van der Waals surface area contributed by atoms with Gasteiger partial charge in [0.05, 0.1) is 0 Å². The molecule has 0 fully saturated rings. The van der Waals surface area contributed by atoms with Gasteiger partial charge in [-0.05, 0) is 37.8 Å². The van der Waals surface area contributed by atoms with Gasteiger partial charge in [-0.1, -0.05) is 26.0 Å². The van der Waals surface area contributed by atoms with Crippen molar-refractivity contribution in [2.45, 2.75) is 20.3 Å². The summed E-state index contributed by atoms with van der Waals surface area (Å²) in [5.74, 6) is 2.39. The zero-order valence-corrected chi connectivity index (χ0v) is 7.80. The first-order chi connectivity index (χ1) is 5.24. The number of hydrogen-bond donors (Lipinski definition) is 1. The molecule has 0 radical (unpaired) electrons. The molecule has 0 bridgehead atoms. The maximum atomic E-state index is 3.25. The Labute approximate surface area is 69.9 Å². The van der Waals surface area contributed by atoms with Crippen molar-refractivity contribution in [3.63, 3.8) is 0 Å². The Morgan fingerprint density at radius 1 is 1.36 bits per heavy atom. The molecule has 64 valence electrons. The Bertz CT molecular complexity index is 140. The van der Waals surface area contributed by atoms with Crippen LogP contribution in [0.2, 0.25) is 0 Å². The van der Waals surface area contributed by atoms with Crippen molar-refractivity contribution in [2.75, 3.05) is 13.6 Å². The molecule has 0 aromatic heterocycles. The topological polar surface area (TPSA) is 12.0 Å². The van der Waals surface area contributed by atoms with E-state index in [-0.39, 0.29) is 0 Å². The van der Waals surface area contributed by atoms with Crippen LogP contribution >= 0.6 is 0 Å². The Hall–Kier alpha value is -0.300. The van der Waals surface area contributed by atoms with Gasteiger partial charge in [-0.3, -0.25) is 0 Å². The van der Waals surface area contributed by atoms with Gasteiger partial charge in [-0.15, -0.1) is 0 Å². The van der Waals surface area contributed by atoms with E-state index in [1.165, 1.54) is 6.42 Å². The summed E-state index contributed by atoms with van der Waals surface area (Å²) in [7, 11) is 2.04. The minimum absolute atomic E-state index is 0.763. The third kappa shape index (κ3) is 2.33. The van der Waals surface area contributed by atoms with E-state index in [4.69, 9.17) is 0 Å². The van der Waals surface area contributed by atoms with E-state index >= 15 is 0 Å². The van der Waals surface area contributed by atoms with Crippen molar-refractivity contribution >= 4 is 0 Å². The molecule has 0 aliphatic heterocycles. The van der Waals surface area contributed by atoms with E-state index in [1.807, 2.05) is 7.05 Å². The maximum absolute atomic E-state index is 3.25. The summed E-state index contributed by atoms with van der Waals surface area (Å²) in [5.41, 5.74) is 0. The van der Waals surface area contributed by atoms with Gasteiger partial charge >= 0.3 is 0 Å². The smallest absolute Gasteiger partial charge is 0.00178 e. The van der Waals surface area contributed by atoms with E-state index in [1.54, 1.807) is 0 Å². The van der Waals surface area contributed by atoms with Gasteiger partial charge in [0.25, 0.3) is 0 Å². The van der Waals surface area contributed by atoms with E-state index in [0.717, 1.165) is 24.3 Å². The first-order valence-corrected chi connectivity index (χ1v) is 4.57. The fourth-order valence-corrected chi connectivity index (χ4v) is 1.82. The molecule has 1 heteroatoms. The fraction of sp³-hybridized carbons (Fsp3) is 0.800. The van der Waals surface area contributed by atoms with Gasteiger partial charge in [0.1, 0.15) is 0 Å². The standard InChI is InChI=1S/C10H19N/c1-8-4-5-9(2)10(6-8)7-11-3/h4-5,8-11H,6-7H2,1-3H3. The first-order valence-electron chi connectivity index (χ1n) is 4.57. The van der Waals surface area contributed by atoms with Crippen molar-refractivity contribution in [1.82, 2.24) is 5.32 Å². The van der Waals surface area contributed by atoms with Gasteiger partial charge in [-0.25, -0.2) is 0 Å². The molecule has 0 amide bonds. The summed E-state index contributed by atoms with van der Waals surface area (Å²) in [6, 6.07) is 0. The van der Waals surface area contributed by atoms with Crippen LogP contribution < -0.4 is 5.32 Å². The molecule has 1 rings (SSSR count). The molecule has 3 atom stereocenters. The van der Waals surface area contributed by atoms with Crippen LogP contribution in [0.1, 0.15) is 20.3 Å². The summed E-state index contributed by atoms with van der Waals surface area (Å²) in [6.07, 6.45) is 6.05. The molecule has 1 aliphatic carbocycles. The van der Waals surface area contributed by atoms with Gasteiger partial charge in [0.2, 0.25) is 0 Å². The summed E-state index contributed by atoms with van der Waals surface area (Å²) in [4.78, 5) is 0. The normalized spacial score (nSPS) is 37.5. The second-order valence-corrected chi connectivity index (χ2v) is 3.77. The zero-order valence-electron chi connectivity index (χ0n) is 7.80. The minimum Gasteiger partial charge on any atom is -0.319 e. The molecular weight excluding hydrogens is 134 g/mol. The van der Waals surface area contributed by atoms with E-state index in [2.05, 4.69) is 31.3 Å². The highest BCUT2D eigenvalue weighted by Gasteiger charge is 2.19. The Balaban J connectivity index is 2.46. The highest BCUT2D eigenvalue weighted by Crippen LogP contribution is 2.27. The average molecular weight is 153 g/mol. The molecule has 0 saturated carbocycles. The molecule has 11 heavy (non-hydrogen) atoms. The van der Waals surface area contributed by atoms with E-state index < -0.39 is 0 Å². The lowest BCUT2D eigenvalue weighted by Crippen LogP contribution is -2.27. The summed E-state index contributed by atoms with van der Waals surface area (Å²) >= 11 is 0. The molecule has 1 N–H and O–H groups in total. The zero-order chi connectivity index (χ0) is 8.27. The van der Waals surface area contributed by atoms with E-state index in [9.17, 15) is 0 Å². The molecule has 3 unspecified atom stereocenters. The van der Waals surface area contributed by atoms with Crippen LogP contribution in [0.15, 0.2) is 12.2 Å². The Morgan fingerprint density at radius 3 is 2.73 bits per heavy atom. The third-order valence-electron chi connectivity index (χ3n) is 2.63. The van der Waals surface area contributed by atoms with E-state index in [0.29, 0.717) is 0 Å². The maximum Gasteiger partial charge on any atom is -0.00178 e. The molecule has 1 aliphatic rings. The van der Waals surface area contributed by atoms with Crippen LogP contribution in [-0.4, -0.2) is 13.6 Å². The van der Waals surface area contributed by atoms with Gasteiger partial charge in [-0.2, -0.15) is 0 Å². The molecule has 0 aromatic carbocycles. The lowest BCUT2D eigenvalue weighted by molar-refractivity contribution is 0.327. The number of allylic oxidation sites excluding steroid dienone is 2. The van der Waals surface area contributed by atoms with Crippen LogP contribution in [0, 0.1) is 17.8 Å². The lowest BCUT2D eigenvalue weighted by atomic mass is 9.81. The van der Waals surface area contributed by atoms with Crippen LogP contribution in [0.5, 0.6) is 0 Å². The third-order valence-corrected chi connectivity index (χ3v) is 2.63. The largest absolute Gasteiger partial charge is 0.319 e. The van der Waals surface area contributed by atoms with Crippen molar-refractivity contribution in [3.05, 3.63) is 12.2 Å². The number of nitrogens with one attached hydrogen (secondary N) is 1. The SMILES string of the molecule is CNCC1CC(C)C=CC1C. The summed E-state index contributed by atoms with van der Waals surface area (Å²) in [5, 5.41) is 3.25. The number of rotatable bonds is 2. The minimum atomic E-state index is 0.763. The lowest BCUT2D eigenvalue weighted by Gasteiger charge is -2.27. The van der Waals surface area contributed by atoms with Gasteiger partial charge < -0.3 is 5.32 Å². The quantitative estimate of drug-likeness (QED) is 0.599. The van der Waals surface area contributed by atoms with Crippen LogP contribution in [0.3, 0.4) is 0 Å². The number of hydrogen-bond acceptors (Lipinski definition) is 1. The molecule has 0 aromatic rings. The first kappa shape index (κ1) is 8.79. The predicted molar refractivity (Wildman–Crippen MR) is 49.5 cm³/mol. The molecule has 0 saturated heterocycles. The summed E-state index contributed by atoms with van der Waals surface area (Å²) in [6.45, 7) is 5.77. The second kappa shape index (κ2) is 3.91. The molecular formula is C10H19N. The van der Waals surface area contributed by atoms with Crippen molar-refractivity contribution in [1.29, 1.82) is 0 Å². The van der Waals surface area contributed by atoms with Crippen LogP contribution in [0.4, 0.5) is 0 Å². The van der Waals surface area contributed by atoms with Gasteiger partial charge in [0.15, 0.2) is 0 Å². The van der Waals surface area contributed by atoms with Crippen molar-refractivity contribution in [2.24, 2.45) is 17.8 Å². The van der Waals surface area contributed by atoms with Crippen molar-refractivity contribution < 1.29 is 0 Å². The fourth-order valence-electron chi connectivity index (χ4n) is 1.82. The average Bonchev–Trinajstić information content (AvgIpc) is 1.98.